The van der Waals surface area contributed by atoms with Gasteiger partial charge in [0.25, 0.3) is 0 Å². The molecule has 2 unspecified atom stereocenters. The molecule has 0 saturated carbocycles. The van der Waals surface area contributed by atoms with E-state index in [9.17, 15) is 0 Å². The van der Waals surface area contributed by atoms with E-state index in [0.717, 1.165) is 29.9 Å². The summed E-state index contributed by atoms with van der Waals surface area (Å²) >= 11 is 0. The van der Waals surface area contributed by atoms with Gasteiger partial charge in [0.15, 0.2) is 0 Å². The first-order valence-electron chi connectivity index (χ1n) is 11.7. The number of aromatic amines is 1. The quantitative estimate of drug-likeness (QED) is 0.495. The molecule has 6 rings (SSSR count). The van der Waals surface area contributed by atoms with E-state index in [-0.39, 0.29) is 18.8 Å². The minimum absolute atomic E-state index is 0.0725. The zero-order valence-electron chi connectivity index (χ0n) is 19.3. The molecular weight excluding hydrogens is 397 g/mol. The number of likely N-dealkylation sites (tertiary alicyclic amines) is 1. The Labute approximate surface area is 190 Å². The number of rotatable bonds is 3. The molecule has 0 bridgehead atoms. The van der Waals surface area contributed by atoms with Gasteiger partial charge in [0.2, 0.25) is 0 Å². The fourth-order valence-electron chi connectivity index (χ4n) is 5.34. The zero-order chi connectivity index (χ0) is 22.0. The van der Waals surface area contributed by atoms with Gasteiger partial charge in [-0.05, 0) is 87.4 Å². The van der Waals surface area contributed by atoms with Crippen molar-refractivity contribution in [2.75, 3.05) is 13.6 Å². The molecule has 2 aliphatic heterocycles. The topological polar surface area (TPSA) is 50.4 Å². The number of fused-ring (bicyclic) bond motifs is 3. The van der Waals surface area contributed by atoms with E-state index >= 15 is 0 Å². The molecule has 3 heterocycles. The minimum atomic E-state index is -0.291. The summed E-state index contributed by atoms with van der Waals surface area (Å²) in [5.74, 6) is 1.09. The summed E-state index contributed by atoms with van der Waals surface area (Å²) < 4.78 is 12.3. The number of nitrogens with one attached hydrogen (secondary N) is 1. The van der Waals surface area contributed by atoms with Gasteiger partial charge in [-0.25, -0.2) is 4.98 Å². The second-order valence-corrected chi connectivity index (χ2v) is 10.1. The number of imidazole rings is 1. The second-order valence-electron chi connectivity index (χ2n) is 10.1. The van der Waals surface area contributed by atoms with Gasteiger partial charge in [-0.3, -0.25) is 4.90 Å². The highest BCUT2D eigenvalue weighted by molar-refractivity contribution is 6.62. The van der Waals surface area contributed by atoms with Crippen molar-refractivity contribution >= 4 is 12.6 Å². The molecule has 0 radical (unpaired) electrons. The summed E-state index contributed by atoms with van der Waals surface area (Å²) in [6.45, 7) is 7.41. The molecule has 1 aromatic heterocycles. The number of hydrogen-bond donors (Lipinski definition) is 1. The smallest absolute Gasteiger partial charge is 0.402 e. The van der Waals surface area contributed by atoms with E-state index in [0.29, 0.717) is 6.04 Å². The van der Waals surface area contributed by atoms with Crippen molar-refractivity contribution < 1.29 is 9.31 Å². The normalized spacial score (nSPS) is 24.2. The van der Waals surface area contributed by atoms with E-state index in [1.807, 2.05) is 0 Å². The lowest BCUT2D eigenvalue weighted by molar-refractivity contribution is 0.0842. The van der Waals surface area contributed by atoms with Crippen LogP contribution in [0.15, 0.2) is 42.6 Å². The summed E-state index contributed by atoms with van der Waals surface area (Å²) in [6, 6.07) is 13.8. The van der Waals surface area contributed by atoms with E-state index < -0.39 is 0 Å². The second kappa shape index (κ2) is 7.31. The summed E-state index contributed by atoms with van der Waals surface area (Å²) in [6.07, 6.45) is 5.48. The number of aromatic nitrogens is 2. The Morgan fingerprint density at radius 3 is 2.62 bits per heavy atom. The fraction of sp³-hybridized carbons (Fsp3) is 0.423. The number of nitrogens with zero attached hydrogens (tertiary/aromatic N) is 2. The maximum atomic E-state index is 6.18. The van der Waals surface area contributed by atoms with Crippen molar-refractivity contribution in [1.82, 2.24) is 14.9 Å². The first kappa shape index (κ1) is 20.2. The fourth-order valence-corrected chi connectivity index (χ4v) is 5.34. The summed E-state index contributed by atoms with van der Waals surface area (Å²) in [5.41, 5.74) is 8.39. The van der Waals surface area contributed by atoms with Crippen LogP contribution in [-0.4, -0.2) is 47.3 Å². The molecule has 2 saturated heterocycles. The Morgan fingerprint density at radius 2 is 1.91 bits per heavy atom. The third kappa shape index (κ3) is 3.24. The van der Waals surface area contributed by atoms with Gasteiger partial charge in [0.05, 0.1) is 23.4 Å². The van der Waals surface area contributed by atoms with Crippen LogP contribution in [0.5, 0.6) is 0 Å². The van der Waals surface area contributed by atoms with Crippen LogP contribution in [0, 0.1) is 0 Å². The van der Waals surface area contributed by atoms with Crippen LogP contribution in [0.25, 0.3) is 22.4 Å². The van der Waals surface area contributed by atoms with Crippen molar-refractivity contribution in [2.24, 2.45) is 0 Å². The van der Waals surface area contributed by atoms with Crippen molar-refractivity contribution in [3.63, 3.8) is 0 Å². The van der Waals surface area contributed by atoms with Crippen molar-refractivity contribution in [3.8, 4) is 22.4 Å². The summed E-state index contributed by atoms with van der Waals surface area (Å²) in [5, 5.41) is 0. The average molecular weight is 427 g/mol. The maximum absolute atomic E-state index is 6.18. The molecule has 6 heteroatoms. The van der Waals surface area contributed by atoms with Gasteiger partial charge < -0.3 is 14.3 Å². The van der Waals surface area contributed by atoms with Crippen LogP contribution >= 0.6 is 0 Å². The Balaban J connectivity index is 1.26. The van der Waals surface area contributed by atoms with Crippen molar-refractivity contribution in [2.45, 2.75) is 57.8 Å². The molecule has 5 nitrogen and oxygen atoms in total. The summed E-state index contributed by atoms with van der Waals surface area (Å²) in [4.78, 5) is 10.8. The Hall–Kier alpha value is -2.41. The monoisotopic (exact) mass is 427 g/mol. The van der Waals surface area contributed by atoms with Gasteiger partial charge >= 0.3 is 7.12 Å². The van der Waals surface area contributed by atoms with Gasteiger partial charge in [-0.15, -0.1) is 0 Å². The van der Waals surface area contributed by atoms with E-state index in [4.69, 9.17) is 14.3 Å². The SMILES string of the molecule is CC1OB(c2ccc3c(c2)Cc2cc(-c4c[nH]c(C5CCCN5C)n4)ccc2-3)OC1(C)C. The summed E-state index contributed by atoms with van der Waals surface area (Å²) in [7, 11) is 1.89. The standard InChI is InChI=1S/C26H30BN3O2/c1-16-26(2,3)32-27(31-16)20-8-10-22-19(14-20)13-18-12-17(7-9-21(18)22)23-15-28-25(29-23)24-6-5-11-30(24)4/h7-10,12,14-16,24H,5-6,11,13H2,1-4H3,(H,28,29). The van der Waals surface area contributed by atoms with E-state index in [1.165, 1.54) is 40.7 Å². The highest BCUT2D eigenvalue weighted by Gasteiger charge is 2.44. The van der Waals surface area contributed by atoms with Crippen molar-refractivity contribution in [1.29, 1.82) is 0 Å². The molecule has 164 valence electrons. The molecule has 2 atom stereocenters. The molecule has 3 aliphatic rings. The molecule has 0 spiro atoms. The molecule has 1 aliphatic carbocycles. The minimum Gasteiger partial charge on any atom is -0.402 e. The van der Waals surface area contributed by atoms with Gasteiger partial charge in [0.1, 0.15) is 5.82 Å². The van der Waals surface area contributed by atoms with Gasteiger partial charge in [0, 0.05) is 11.8 Å². The lowest BCUT2D eigenvalue weighted by atomic mass is 9.78. The van der Waals surface area contributed by atoms with Gasteiger partial charge in [-0.1, -0.05) is 30.3 Å². The number of benzene rings is 2. The maximum Gasteiger partial charge on any atom is 0.494 e. The van der Waals surface area contributed by atoms with Crippen LogP contribution in [0.3, 0.4) is 0 Å². The average Bonchev–Trinajstić information content (AvgIpc) is 3.53. The highest BCUT2D eigenvalue weighted by Crippen LogP contribution is 2.39. The highest BCUT2D eigenvalue weighted by atomic mass is 16.7. The predicted molar refractivity (Wildman–Crippen MR) is 128 cm³/mol. The number of hydrogen-bond acceptors (Lipinski definition) is 4. The Bertz CT molecular complexity index is 1190. The first-order valence-corrected chi connectivity index (χ1v) is 11.7. The number of H-pyrrole nitrogens is 1. The van der Waals surface area contributed by atoms with Crippen LogP contribution in [0.1, 0.15) is 56.6 Å². The lowest BCUT2D eigenvalue weighted by Crippen LogP contribution is -2.34. The Morgan fingerprint density at radius 1 is 1.12 bits per heavy atom. The third-order valence-corrected chi connectivity index (χ3v) is 7.62. The van der Waals surface area contributed by atoms with Gasteiger partial charge in [-0.2, -0.15) is 0 Å². The third-order valence-electron chi connectivity index (χ3n) is 7.62. The molecule has 2 fully saturated rings. The lowest BCUT2D eigenvalue weighted by Gasteiger charge is -2.21. The molecule has 2 aromatic carbocycles. The largest absolute Gasteiger partial charge is 0.494 e. The predicted octanol–water partition coefficient (Wildman–Crippen LogP) is 4.32. The first-order chi connectivity index (χ1) is 15.4. The van der Waals surface area contributed by atoms with Crippen LogP contribution in [0.2, 0.25) is 0 Å². The van der Waals surface area contributed by atoms with E-state index in [2.05, 4.69) is 80.3 Å². The molecule has 3 aromatic rings. The van der Waals surface area contributed by atoms with Crippen molar-refractivity contribution in [3.05, 3.63) is 59.5 Å². The Kier molecular flexibility index (Phi) is 4.62. The molecule has 1 N–H and O–H groups in total. The zero-order valence-corrected chi connectivity index (χ0v) is 19.3. The van der Waals surface area contributed by atoms with E-state index in [1.54, 1.807) is 0 Å². The molecule has 0 amide bonds. The van der Waals surface area contributed by atoms with Crippen LogP contribution in [-0.2, 0) is 15.7 Å². The van der Waals surface area contributed by atoms with Crippen LogP contribution in [0.4, 0.5) is 0 Å². The molecule has 32 heavy (non-hydrogen) atoms. The molecular formula is C26H30BN3O2. The van der Waals surface area contributed by atoms with Crippen LogP contribution < -0.4 is 5.46 Å².